The van der Waals surface area contributed by atoms with Crippen molar-refractivity contribution in [1.82, 2.24) is 10.3 Å². The number of nitrogens with zero attached hydrogens (tertiary/aromatic N) is 2. The number of fused-ring (bicyclic) bond motifs is 1. The van der Waals surface area contributed by atoms with Gasteiger partial charge in [-0.1, -0.05) is 30.3 Å². The largest absolute Gasteiger partial charge is 0.507 e. The summed E-state index contributed by atoms with van der Waals surface area (Å²) in [4.78, 5) is 27.1. The van der Waals surface area contributed by atoms with Crippen molar-refractivity contribution in [3.63, 3.8) is 0 Å². The Morgan fingerprint density at radius 2 is 1.71 bits per heavy atom. The van der Waals surface area contributed by atoms with E-state index in [4.69, 9.17) is 4.74 Å². The highest BCUT2D eigenvalue weighted by molar-refractivity contribution is 6.07. The first-order valence-electron chi connectivity index (χ1n) is 11.9. The van der Waals surface area contributed by atoms with Crippen molar-refractivity contribution in [2.24, 2.45) is 5.10 Å². The first-order valence-corrected chi connectivity index (χ1v) is 11.9. The molecule has 1 heterocycles. The Labute approximate surface area is 205 Å². The van der Waals surface area contributed by atoms with Crippen molar-refractivity contribution in [2.75, 3.05) is 6.61 Å². The summed E-state index contributed by atoms with van der Waals surface area (Å²) in [6.07, 6.45) is 3.17. The highest BCUT2D eigenvalue weighted by Gasteiger charge is 2.29. The fourth-order valence-corrected chi connectivity index (χ4v) is 4.64. The number of phenols is 1. The standard InChI is InChI=1S/C28H31N3O4/c1-18-7-6-8-19(2)31(18)26(32)17-35-23-14-11-22(12-15-23)28(34)30-29-20(3)24-16-13-21-9-4-5-10-25(21)27(24)33/h4-5,9-16,18-19,33H,6-8,17H2,1-3H3,(H,30,34)/b29-20-/t18-,19+. The quantitative estimate of drug-likeness (QED) is 0.395. The van der Waals surface area contributed by atoms with E-state index in [9.17, 15) is 14.7 Å². The molecule has 0 radical (unpaired) electrons. The molecule has 182 valence electrons. The Morgan fingerprint density at radius 1 is 1.03 bits per heavy atom. The molecule has 35 heavy (non-hydrogen) atoms. The Balaban J connectivity index is 1.35. The Bertz CT molecular complexity index is 1240. The second-order valence-electron chi connectivity index (χ2n) is 9.06. The average Bonchev–Trinajstić information content (AvgIpc) is 2.86. The molecule has 2 N–H and O–H groups in total. The zero-order valence-electron chi connectivity index (χ0n) is 20.3. The van der Waals surface area contributed by atoms with E-state index in [0.29, 0.717) is 22.6 Å². The molecule has 7 nitrogen and oxygen atoms in total. The molecule has 4 rings (SSSR count). The van der Waals surface area contributed by atoms with Crippen molar-refractivity contribution < 1.29 is 19.4 Å². The van der Waals surface area contributed by atoms with Gasteiger partial charge in [0.05, 0.1) is 5.71 Å². The van der Waals surface area contributed by atoms with Crippen LogP contribution in [0.5, 0.6) is 11.5 Å². The maximum absolute atomic E-state index is 12.6. The van der Waals surface area contributed by atoms with Crippen LogP contribution in [0.4, 0.5) is 0 Å². The summed E-state index contributed by atoms with van der Waals surface area (Å²) >= 11 is 0. The second kappa shape index (κ2) is 10.6. The lowest BCUT2D eigenvalue weighted by atomic mass is 9.97. The third-order valence-corrected chi connectivity index (χ3v) is 6.58. The maximum atomic E-state index is 12.6. The summed E-state index contributed by atoms with van der Waals surface area (Å²) in [5, 5.41) is 16.4. The molecule has 3 aromatic carbocycles. The lowest BCUT2D eigenvalue weighted by molar-refractivity contribution is -0.139. The molecule has 7 heteroatoms. The van der Waals surface area contributed by atoms with Gasteiger partial charge in [0, 0.05) is 28.6 Å². The second-order valence-corrected chi connectivity index (χ2v) is 9.06. The lowest BCUT2D eigenvalue weighted by Gasteiger charge is -2.38. The normalized spacial score (nSPS) is 18.4. The van der Waals surface area contributed by atoms with Gasteiger partial charge in [0.1, 0.15) is 11.5 Å². The van der Waals surface area contributed by atoms with Gasteiger partial charge in [0.25, 0.3) is 11.8 Å². The van der Waals surface area contributed by atoms with Crippen LogP contribution in [-0.2, 0) is 4.79 Å². The van der Waals surface area contributed by atoms with Crippen LogP contribution in [0.2, 0.25) is 0 Å². The van der Waals surface area contributed by atoms with E-state index in [1.165, 1.54) is 0 Å². The number of aromatic hydroxyl groups is 1. The zero-order chi connectivity index (χ0) is 24.9. The third-order valence-electron chi connectivity index (χ3n) is 6.58. The highest BCUT2D eigenvalue weighted by Crippen LogP contribution is 2.29. The summed E-state index contributed by atoms with van der Waals surface area (Å²) < 4.78 is 5.68. The average molecular weight is 474 g/mol. The molecular formula is C28H31N3O4. The third kappa shape index (κ3) is 5.45. The molecule has 0 bridgehead atoms. The van der Waals surface area contributed by atoms with E-state index >= 15 is 0 Å². The fraction of sp³-hybridized carbons (Fsp3) is 0.321. The number of hydrazone groups is 1. The maximum Gasteiger partial charge on any atom is 0.271 e. The zero-order valence-corrected chi connectivity index (χ0v) is 20.3. The molecular weight excluding hydrogens is 442 g/mol. The van der Waals surface area contributed by atoms with Gasteiger partial charge in [-0.15, -0.1) is 0 Å². The highest BCUT2D eigenvalue weighted by atomic mass is 16.5. The monoisotopic (exact) mass is 473 g/mol. The number of amides is 2. The predicted octanol–water partition coefficient (Wildman–Crippen LogP) is 4.87. The van der Waals surface area contributed by atoms with Gasteiger partial charge in [0.2, 0.25) is 0 Å². The Kier molecular flexibility index (Phi) is 7.34. The minimum absolute atomic E-state index is 0.0201. The minimum atomic E-state index is -0.386. The first-order chi connectivity index (χ1) is 16.8. The van der Waals surface area contributed by atoms with Gasteiger partial charge in [0.15, 0.2) is 6.61 Å². The van der Waals surface area contributed by atoms with Crippen LogP contribution in [0.1, 0.15) is 56.0 Å². The number of carbonyl (C=O) groups is 2. The van der Waals surface area contributed by atoms with E-state index in [1.807, 2.05) is 35.2 Å². The van der Waals surface area contributed by atoms with Crippen molar-refractivity contribution in [3.05, 3.63) is 71.8 Å². The van der Waals surface area contributed by atoms with Crippen LogP contribution in [0.15, 0.2) is 65.8 Å². The fourth-order valence-electron chi connectivity index (χ4n) is 4.64. The summed E-state index contributed by atoms with van der Waals surface area (Å²) in [5.41, 5.74) is 3.97. The van der Waals surface area contributed by atoms with Crippen molar-refractivity contribution >= 4 is 28.3 Å². The molecule has 1 aliphatic rings. The van der Waals surface area contributed by atoms with Crippen LogP contribution in [0.25, 0.3) is 10.8 Å². The Hall–Kier alpha value is -3.87. The van der Waals surface area contributed by atoms with E-state index in [-0.39, 0.29) is 36.3 Å². The van der Waals surface area contributed by atoms with E-state index in [0.717, 1.165) is 30.0 Å². The van der Waals surface area contributed by atoms with Crippen LogP contribution in [-0.4, -0.2) is 46.2 Å². The molecule has 1 fully saturated rings. The number of likely N-dealkylation sites (tertiary alicyclic amines) is 1. The number of benzene rings is 3. The molecule has 1 saturated heterocycles. The number of rotatable bonds is 6. The molecule has 0 saturated carbocycles. The van der Waals surface area contributed by atoms with Crippen LogP contribution >= 0.6 is 0 Å². The van der Waals surface area contributed by atoms with Crippen LogP contribution in [0.3, 0.4) is 0 Å². The molecule has 0 aliphatic carbocycles. The van der Waals surface area contributed by atoms with Gasteiger partial charge in [-0.3, -0.25) is 9.59 Å². The molecule has 2 atom stereocenters. The summed E-state index contributed by atoms with van der Waals surface area (Å²) in [7, 11) is 0. The number of carbonyl (C=O) groups excluding carboxylic acids is 2. The summed E-state index contributed by atoms with van der Waals surface area (Å²) in [5.74, 6) is 0.243. The topological polar surface area (TPSA) is 91.2 Å². The summed E-state index contributed by atoms with van der Waals surface area (Å²) in [6, 6.07) is 18.2. The van der Waals surface area contributed by atoms with Gasteiger partial charge in [-0.25, -0.2) is 5.43 Å². The molecule has 0 unspecified atom stereocenters. The van der Waals surface area contributed by atoms with E-state index < -0.39 is 0 Å². The molecule has 0 aromatic heterocycles. The number of phenolic OH excluding ortho intramolecular Hbond substituents is 1. The number of ether oxygens (including phenoxy) is 1. The van der Waals surface area contributed by atoms with Crippen molar-refractivity contribution in [3.8, 4) is 11.5 Å². The number of piperidine rings is 1. The number of nitrogens with one attached hydrogen (secondary N) is 1. The first kappa shape index (κ1) is 24.3. The van der Waals surface area contributed by atoms with Gasteiger partial charge < -0.3 is 14.7 Å². The Morgan fingerprint density at radius 3 is 2.43 bits per heavy atom. The molecule has 1 aliphatic heterocycles. The van der Waals surface area contributed by atoms with Gasteiger partial charge in [-0.2, -0.15) is 5.10 Å². The predicted molar refractivity (Wildman–Crippen MR) is 137 cm³/mol. The van der Waals surface area contributed by atoms with Crippen molar-refractivity contribution in [1.29, 1.82) is 0 Å². The SMILES string of the molecule is C/C(=N/NC(=O)c1ccc(OCC(=O)N2[C@H](C)CCC[C@@H]2C)cc1)c1ccc2ccccc2c1O. The minimum Gasteiger partial charge on any atom is -0.507 e. The van der Waals surface area contributed by atoms with Crippen LogP contribution in [0, 0.1) is 0 Å². The number of hydrogen-bond donors (Lipinski definition) is 2. The number of hydrogen-bond acceptors (Lipinski definition) is 5. The van der Waals surface area contributed by atoms with Crippen LogP contribution < -0.4 is 10.2 Å². The van der Waals surface area contributed by atoms with Crippen molar-refractivity contribution in [2.45, 2.75) is 52.1 Å². The smallest absolute Gasteiger partial charge is 0.271 e. The lowest BCUT2D eigenvalue weighted by Crippen LogP contribution is -2.49. The summed E-state index contributed by atoms with van der Waals surface area (Å²) in [6.45, 7) is 5.85. The molecule has 2 amide bonds. The van der Waals surface area contributed by atoms with Gasteiger partial charge >= 0.3 is 0 Å². The van der Waals surface area contributed by atoms with E-state index in [2.05, 4.69) is 24.4 Å². The molecule has 3 aromatic rings. The molecule has 0 spiro atoms. The van der Waals surface area contributed by atoms with E-state index in [1.54, 1.807) is 37.3 Å². The van der Waals surface area contributed by atoms with Gasteiger partial charge in [-0.05, 0) is 75.8 Å².